The molecule has 0 aliphatic carbocycles. The summed E-state index contributed by atoms with van der Waals surface area (Å²) < 4.78 is 8.66. The van der Waals surface area contributed by atoms with Crippen LogP contribution in [0.15, 0.2) is 57.2 Å². The molecule has 0 fully saturated rings. The number of imidazole rings is 1. The summed E-state index contributed by atoms with van der Waals surface area (Å²) in [6, 6.07) is 12.0. The van der Waals surface area contributed by atoms with Gasteiger partial charge in [0, 0.05) is 27.1 Å². The van der Waals surface area contributed by atoms with Crippen molar-refractivity contribution in [2.24, 2.45) is 5.11 Å². The van der Waals surface area contributed by atoms with Crippen LogP contribution in [-0.4, -0.2) is 36.8 Å². The summed E-state index contributed by atoms with van der Waals surface area (Å²) in [5.41, 5.74) is 10.4. The van der Waals surface area contributed by atoms with Crippen molar-refractivity contribution in [1.82, 2.24) is 19.1 Å². The van der Waals surface area contributed by atoms with Gasteiger partial charge in [0.2, 0.25) is 0 Å². The molecule has 2 aromatic carbocycles. The first-order chi connectivity index (χ1) is 17.8. The van der Waals surface area contributed by atoms with Gasteiger partial charge in [0.15, 0.2) is 12.3 Å². The average molecular weight is 615 g/mol. The van der Waals surface area contributed by atoms with Crippen molar-refractivity contribution in [3.05, 3.63) is 82.9 Å². The Labute approximate surface area is 223 Å². The van der Waals surface area contributed by atoms with Crippen molar-refractivity contribution in [3.63, 3.8) is 0 Å². The Morgan fingerprint density at radius 3 is 2.59 bits per heavy atom. The van der Waals surface area contributed by atoms with E-state index in [0.29, 0.717) is 35.7 Å². The van der Waals surface area contributed by atoms with Crippen molar-refractivity contribution < 1.29 is 14.6 Å². The van der Waals surface area contributed by atoms with Gasteiger partial charge in [-0.05, 0) is 76.9 Å². The molecule has 2 aromatic heterocycles. The number of aliphatic carboxylic acids is 1. The van der Waals surface area contributed by atoms with E-state index in [1.54, 1.807) is 30.3 Å². The Hall–Kier alpha value is -4.10. The summed E-state index contributed by atoms with van der Waals surface area (Å²) in [6.07, 6.45) is 1.10. The fourth-order valence-electron chi connectivity index (χ4n) is 3.86. The molecule has 0 spiro atoms. The predicted octanol–water partition coefficient (Wildman–Crippen LogP) is 4.22. The number of nitrogens with one attached hydrogen (secondary N) is 1. The van der Waals surface area contributed by atoms with E-state index in [2.05, 4.69) is 42.6 Å². The van der Waals surface area contributed by atoms with Crippen LogP contribution in [0.1, 0.15) is 18.9 Å². The molecule has 0 aliphatic rings. The number of carbonyl (C=O) groups is 1. The first-order valence-corrected chi connectivity index (χ1v) is 12.4. The molecule has 0 radical (unpaired) electrons. The molecule has 37 heavy (non-hydrogen) atoms. The number of nitrogens with zero attached hydrogens (tertiary/aromatic N) is 6. The van der Waals surface area contributed by atoms with Crippen LogP contribution in [0.4, 0.5) is 5.69 Å². The summed E-state index contributed by atoms with van der Waals surface area (Å²) in [5, 5.41) is 12.4. The Kier molecular flexibility index (Phi) is 7.94. The molecule has 12 nitrogen and oxygen atoms in total. The van der Waals surface area contributed by atoms with Crippen molar-refractivity contribution >= 4 is 45.4 Å². The Balaban J connectivity index is 1.72. The van der Waals surface area contributed by atoms with Crippen LogP contribution in [-0.2, 0) is 24.3 Å². The molecule has 0 aliphatic heterocycles. The number of ether oxygens (including phenoxy) is 1. The van der Waals surface area contributed by atoms with Crippen molar-refractivity contribution in [2.45, 2.75) is 32.9 Å². The minimum Gasteiger partial charge on any atom is -0.482 e. The Bertz CT molecular complexity index is 1630. The van der Waals surface area contributed by atoms with Crippen LogP contribution in [0, 0.1) is 3.57 Å². The SMILES string of the molecule is CCCn1c(=O)c2[nH]c(-c3ccc(OCC(=O)O)cc3)nc2n(CCc2ccc(N=[N+]=[N-])c(I)c2)c1=O. The molecule has 190 valence electrons. The monoisotopic (exact) mass is 615 g/mol. The number of aromatic amines is 1. The van der Waals surface area contributed by atoms with Crippen LogP contribution < -0.4 is 16.0 Å². The zero-order valence-corrected chi connectivity index (χ0v) is 21.9. The number of fused-ring (bicyclic) bond motifs is 1. The first kappa shape index (κ1) is 26.0. The lowest BCUT2D eigenvalue weighted by Gasteiger charge is -2.11. The molecule has 2 N–H and O–H groups in total. The lowest BCUT2D eigenvalue weighted by atomic mass is 10.1. The largest absolute Gasteiger partial charge is 0.482 e. The van der Waals surface area contributed by atoms with Crippen LogP contribution in [0.25, 0.3) is 33.0 Å². The molecule has 0 saturated carbocycles. The van der Waals surface area contributed by atoms with Gasteiger partial charge in [-0.1, -0.05) is 24.2 Å². The smallest absolute Gasteiger partial charge is 0.341 e. The van der Waals surface area contributed by atoms with Gasteiger partial charge in [-0.15, -0.1) is 0 Å². The first-order valence-electron chi connectivity index (χ1n) is 11.3. The molecular weight excluding hydrogens is 593 g/mol. The van der Waals surface area contributed by atoms with E-state index in [1.165, 1.54) is 9.13 Å². The third-order valence-corrected chi connectivity index (χ3v) is 6.45. The number of aromatic nitrogens is 4. The van der Waals surface area contributed by atoms with Gasteiger partial charge in [-0.2, -0.15) is 0 Å². The molecular formula is C24H22IN7O5. The molecule has 0 amide bonds. The third-order valence-electron chi connectivity index (χ3n) is 5.59. The number of carboxylic acids is 1. The lowest BCUT2D eigenvalue weighted by molar-refractivity contribution is -0.139. The second-order valence-corrected chi connectivity index (χ2v) is 9.27. The summed E-state index contributed by atoms with van der Waals surface area (Å²) in [7, 11) is 0. The highest BCUT2D eigenvalue weighted by atomic mass is 127. The van der Waals surface area contributed by atoms with Gasteiger partial charge in [0.05, 0.1) is 5.69 Å². The van der Waals surface area contributed by atoms with E-state index in [4.69, 9.17) is 15.4 Å². The number of hydrogen-bond acceptors (Lipinski definition) is 6. The fraction of sp³-hybridized carbons (Fsp3) is 0.250. The molecule has 0 unspecified atom stereocenters. The maximum absolute atomic E-state index is 13.3. The molecule has 0 atom stereocenters. The van der Waals surface area contributed by atoms with E-state index < -0.39 is 23.8 Å². The minimum atomic E-state index is -1.08. The summed E-state index contributed by atoms with van der Waals surface area (Å²) >= 11 is 2.09. The summed E-state index contributed by atoms with van der Waals surface area (Å²) in [5.74, 6) is -0.304. The average Bonchev–Trinajstić information content (AvgIpc) is 3.33. The zero-order chi connectivity index (χ0) is 26.5. The van der Waals surface area contributed by atoms with E-state index in [-0.39, 0.29) is 24.3 Å². The molecule has 13 heteroatoms. The van der Waals surface area contributed by atoms with Gasteiger partial charge >= 0.3 is 11.7 Å². The number of aryl methyl sites for hydroxylation is 2. The fourth-order valence-corrected chi connectivity index (χ4v) is 4.54. The van der Waals surface area contributed by atoms with Crippen LogP contribution >= 0.6 is 22.6 Å². The number of benzene rings is 2. The maximum Gasteiger partial charge on any atom is 0.341 e. The number of halogens is 1. The topological polar surface area (TPSA) is 168 Å². The highest BCUT2D eigenvalue weighted by Gasteiger charge is 2.18. The van der Waals surface area contributed by atoms with Crippen LogP contribution in [0.3, 0.4) is 0 Å². The van der Waals surface area contributed by atoms with Crippen molar-refractivity contribution in [3.8, 4) is 17.1 Å². The quantitative estimate of drug-likeness (QED) is 0.117. The highest BCUT2D eigenvalue weighted by Crippen LogP contribution is 2.24. The van der Waals surface area contributed by atoms with Gasteiger partial charge < -0.3 is 14.8 Å². The second-order valence-electron chi connectivity index (χ2n) is 8.11. The molecule has 0 saturated heterocycles. The second kappa shape index (κ2) is 11.3. The Morgan fingerprint density at radius 2 is 1.95 bits per heavy atom. The summed E-state index contributed by atoms with van der Waals surface area (Å²) in [6.45, 7) is 1.99. The van der Waals surface area contributed by atoms with E-state index in [1.807, 2.05) is 19.1 Å². The highest BCUT2D eigenvalue weighted by molar-refractivity contribution is 14.1. The van der Waals surface area contributed by atoms with E-state index in [0.717, 1.165) is 9.13 Å². The normalized spacial score (nSPS) is 10.9. The van der Waals surface area contributed by atoms with Crippen LogP contribution in [0.5, 0.6) is 5.75 Å². The van der Waals surface area contributed by atoms with Gasteiger partial charge in [0.25, 0.3) is 5.56 Å². The molecule has 0 bridgehead atoms. The van der Waals surface area contributed by atoms with Gasteiger partial charge in [0.1, 0.15) is 17.1 Å². The molecule has 4 rings (SSSR count). The number of hydrogen-bond donors (Lipinski definition) is 2. The van der Waals surface area contributed by atoms with Crippen molar-refractivity contribution in [1.29, 1.82) is 0 Å². The number of carboxylic acid groups (broad SMARTS) is 1. The van der Waals surface area contributed by atoms with Gasteiger partial charge in [-0.25, -0.2) is 14.6 Å². The molecule has 2 heterocycles. The van der Waals surface area contributed by atoms with Crippen LogP contribution in [0.2, 0.25) is 0 Å². The number of rotatable bonds is 10. The maximum atomic E-state index is 13.3. The van der Waals surface area contributed by atoms with E-state index >= 15 is 0 Å². The van der Waals surface area contributed by atoms with Gasteiger partial charge in [-0.3, -0.25) is 13.9 Å². The number of azide groups is 1. The summed E-state index contributed by atoms with van der Waals surface area (Å²) in [4.78, 5) is 47.6. The minimum absolute atomic E-state index is 0.225. The lowest BCUT2D eigenvalue weighted by Crippen LogP contribution is -2.40. The molecule has 4 aromatic rings. The number of H-pyrrole nitrogens is 1. The predicted molar refractivity (Wildman–Crippen MR) is 145 cm³/mol. The third kappa shape index (κ3) is 5.67. The van der Waals surface area contributed by atoms with E-state index in [9.17, 15) is 14.4 Å². The Morgan fingerprint density at radius 1 is 1.19 bits per heavy atom. The standard InChI is InChI=1S/C24H22IN7O5/c1-2-10-32-23(35)20-22(28-21(27-20)15-4-6-16(7-5-15)37-13-19(33)34)31(24(32)36)11-9-14-3-8-18(29-30-26)17(25)12-14/h3-8,12H,2,9-11,13H2,1H3,(H,27,28)(H,33,34). The zero-order valence-electron chi connectivity index (χ0n) is 19.7. The van der Waals surface area contributed by atoms with Crippen molar-refractivity contribution in [2.75, 3.05) is 6.61 Å².